The molecule has 0 radical (unpaired) electrons. The molecule has 3 heterocycles. The molecule has 2 saturated carbocycles. The number of halogens is 1. The number of Topliss-reactive ketones (excluding diaryl/α,β-unsaturated/α-hetero) is 1. The quantitative estimate of drug-likeness (QED) is 0.275. The number of fused-ring (bicyclic) bond motifs is 3. The second kappa shape index (κ2) is 17.3. The first-order valence-corrected chi connectivity index (χ1v) is 22.4. The molecule has 3 fully saturated rings. The molecule has 3 amide bonds. The van der Waals surface area contributed by atoms with Gasteiger partial charge in [-0.15, -0.1) is 0 Å². The van der Waals surface area contributed by atoms with Gasteiger partial charge in [-0.3, -0.25) is 19.1 Å². The van der Waals surface area contributed by atoms with Crippen LogP contribution in [0.25, 0.3) is 10.9 Å². The van der Waals surface area contributed by atoms with Crippen LogP contribution < -0.4 is 29.6 Å². The van der Waals surface area contributed by atoms with Crippen molar-refractivity contribution in [3.05, 3.63) is 34.8 Å². The number of nitrogens with one attached hydrogen (secondary N) is 3. The van der Waals surface area contributed by atoms with Crippen molar-refractivity contribution < 1.29 is 46.5 Å². The zero-order valence-corrected chi connectivity index (χ0v) is 36.6. The molecule has 5 atom stereocenters. The highest BCUT2D eigenvalue weighted by molar-refractivity contribution is 9.10. The molecule has 15 nitrogen and oxygen atoms in total. The van der Waals surface area contributed by atoms with E-state index in [2.05, 4.69) is 36.3 Å². The van der Waals surface area contributed by atoms with E-state index >= 15 is 0 Å². The molecule has 1 saturated heterocycles. The SMILES string of the molecule is CCOc1cc(OC2CC3C(=O)CNCC4(C(=O)NS(=O)(=O)C5(C)CC5)CC4C=CCCCCCC(NC(=O)OC(C)(C)C)C(=O)N3C2)c2ccc(OC)c(Br)c2n1. The fraction of sp³-hybridized carbons (Fsp3) is 0.634. The van der Waals surface area contributed by atoms with Crippen molar-refractivity contribution in [2.75, 3.05) is 33.4 Å². The van der Waals surface area contributed by atoms with Crippen molar-refractivity contribution in [1.82, 2.24) is 25.2 Å². The number of nitrogens with zero attached hydrogens (tertiary/aromatic N) is 2. The Balaban J connectivity index is 1.28. The molecule has 5 unspecified atom stereocenters. The van der Waals surface area contributed by atoms with E-state index in [1.807, 2.05) is 25.1 Å². The van der Waals surface area contributed by atoms with Crippen LogP contribution in [-0.2, 0) is 29.1 Å². The molecular formula is C41H56BrN5O10S. The molecule has 0 spiro atoms. The summed E-state index contributed by atoms with van der Waals surface area (Å²) in [5.74, 6) is -0.195. The van der Waals surface area contributed by atoms with Crippen LogP contribution in [0.2, 0.25) is 0 Å². The van der Waals surface area contributed by atoms with Crippen molar-refractivity contribution in [1.29, 1.82) is 0 Å². The molecule has 4 aliphatic rings. The van der Waals surface area contributed by atoms with Gasteiger partial charge < -0.3 is 34.5 Å². The van der Waals surface area contributed by atoms with E-state index < -0.39 is 61.9 Å². The number of carbonyl (C=O) groups excluding carboxylic acids is 4. The van der Waals surface area contributed by atoms with Gasteiger partial charge in [0, 0.05) is 24.4 Å². The monoisotopic (exact) mass is 889 g/mol. The van der Waals surface area contributed by atoms with Gasteiger partial charge in [0.05, 0.1) is 53.0 Å². The van der Waals surface area contributed by atoms with Crippen LogP contribution in [0.1, 0.15) is 92.4 Å². The lowest BCUT2D eigenvalue weighted by Crippen LogP contribution is -2.53. The van der Waals surface area contributed by atoms with Crippen molar-refractivity contribution >= 4 is 60.5 Å². The molecule has 318 valence electrons. The zero-order valence-electron chi connectivity index (χ0n) is 34.2. The fourth-order valence-corrected chi connectivity index (χ4v) is 9.61. The first-order chi connectivity index (χ1) is 27.4. The van der Waals surface area contributed by atoms with Gasteiger partial charge in [-0.2, -0.15) is 0 Å². The Morgan fingerprint density at radius 1 is 1.12 bits per heavy atom. The number of methoxy groups -OCH3 is 1. The summed E-state index contributed by atoms with van der Waals surface area (Å²) in [5.41, 5.74) is -1.29. The Kier molecular flexibility index (Phi) is 13.0. The van der Waals surface area contributed by atoms with Gasteiger partial charge in [0.15, 0.2) is 5.78 Å². The average molecular weight is 891 g/mol. The lowest BCUT2D eigenvalue weighted by atomic mass is 10.0. The molecule has 2 aliphatic carbocycles. The number of aromatic nitrogens is 1. The van der Waals surface area contributed by atoms with Gasteiger partial charge in [-0.05, 0) is 107 Å². The Labute approximate surface area is 348 Å². The Morgan fingerprint density at radius 2 is 1.88 bits per heavy atom. The second-order valence-electron chi connectivity index (χ2n) is 17.0. The molecular weight excluding hydrogens is 834 g/mol. The van der Waals surface area contributed by atoms with Crippen molar-refractivity contribution in [2.45, 2.75) is 121 Å². The van der Waals surface area contributed by atoms with Gasteiger partial charge in [0.1, 0.15) is 29.2 Å². The van der Waals surface area contributed by atoms with E-state index in [0.717, 1.165) is 19.3 Å². The maximum absolute atomic E-state index is 14.6. The van der Waals surface area contributed by atoms with Crippen molar-refractivity contribution in [3.63, 3.8) is 0 Å². The van der Waals surface area contributed by atoms with Gasteiger partial charge in [-0.1, -0.05) is 25.0 Å². The largest absolute Gasteiger partial charge is 0.495 e. The van der Waals surface area contributed by atoms with Gasteiger partial charge in [0.25, 0.3) is 0 Å². The fourth-order valence-electron chi connectivity index (χ4n) is 7.68. The maximum atomic E-state index is 14.6. The summed E-state index contributed by atoms with van der Waals surface area (Å²) in [6.07, 6.45) is 7.39. The number of carbonyl (C=O) groups is 4. The van der Waals surface area contributed by atoms with Gasteiger partial charge >= 0.3 is 6.09 Å². The summed E-state index contributed by atoms with van der Waals surface area (Å²) in [7, 11) is -2.31. The maximum Gasteiger partial charge on any atom is 0.408 e. The highest BCUT2D eigenvalue weighted by atomic mass is 79.9. The zero-order chi connectivity index (χ0) is 42.0. The van der Waals surface area contributed by atoms with Crippen molar-refractivity contribution in [3.8, 4) is 17.4 Å². The average Bonchev–Trinajstić information content (AvgIpc) is 4.03. The van der Waals surface area contributed by atoms with E-state index in [1.165, 1.54) is 4.90 Å². The van der Waals surface area contributed by atoms with Crippen molar-refractivity contribution in [2.24, 2.45) is 11.3 Å². The third kappa shape index (κ3) is 9.73. The van der Waals surface area contributed by atoms with E-state index in [0.29, 0.717) is 71.5 Å². The highest BCUT2D eigenvalue weighted by Crippen LogP contribution is 2.54. The van der Waals surface area contributed by atoms with Crippen LogP contribution in [-0.4, -0.2) is 104 Å². The molecule has 1 aromatic carbocycles. The van der Waals surface area contributed by atoms with Crippen LogP contribution in [0.3, 0.4) is 0 Å². The number of alkyl carbamates (subject to hydrolysis) is 1. The van der Waals surface area contributed by atoms with E-state index in [9.17, 15) is 27.6 Å². The number of amides is 3. The minimum Gasteiger partial charge on any atom is -0.495 e. The number of ether oxygens (including phenoxy) is 4. The first-order valence-electron chi connectivity index (χ1n) is 20.1. The minimum absolute atomic E-state index is 0.0435. The number of sulfonamides is 1. The number of hydrogen-bond acceptors (Lipinski definition) is 12. The van der Waals surface area contributed by atoms with Crippen LogP contribution in [0.5, 0.6) is 17.4 Å². The molecule has 6 rings (SSSR count). The number of pyridine rings is 1. The lowest BCUT2D eigenvalue weighted by Gasteiger charge is -2.29. The Bertz CT molecular complexity index is 2050. The molecule has 58 heavy (non-hydrogen) atoms. The Morgan fingerprint density at radius 3 is 2.57 bits per heavy atom. The number of allylic oxidation sites excluding steroid dienone is 2. The first kappa shape index (κ1) is 43.6. The summed E-state index contributed by atoms with van der Waals surface area (Å²) in [4.78, 5) is 61.7. The van der Waals surface area contributed by atoms with Crippen LogP contribution in [0, 0.1) is 11.3 Å². The third-order valence-corrected chi connectivity index (χ3v) is 14.3. The number of benzene rings is 1. The lowest BCUT2D eigenvalue weighted by molar-refractivity contribution is -0.139. The highest BCUT2D eigenvalue weighted by Gasteiger charge is 2.61. The summed E-state index contributed by atoms with van der Waals surface area (Å²) in [5, 5.41) is 6.60. The second-order valence-corrected chi connectivity index (χ2v) is 20.0. The summed E-state index contributed by atoms with van der Waals surface area (Å²) >= 11 is 3.59. The predicted octanol–water partition coefficient (Wildman–Crippen LogP) is 5.33. The number of rotatable bonds is 9. The molecule has 3 N–H and O–H groups in total. The van der Waals surface area contributed by atoms with E-state index in [-0.39, 0.29) is 37.8 Å². The summed E-state index contributed by atoms with van der Waals surface area (Å²) < 4.78 is 51.6. The van der Waals surface area contributed by atoms with Gasteiger partial charge in [-0.25, -0.2) is 18.2 Å². The predicted molar refractivity (Wildman–Crippen MR) is 220 cm³/mol. The van der Waals surface area contributed by atoms with E-state index in [1.54, 1.807) is 46.9 Å². The normalized spacial score (nSPS) is 26.5. The molecule has 17 heteroatoms. The summed E-state index contributed by atoms with van der Waals surface area (Å²) in [6, 6.07) is 3.38. The standard InChI is InChI=1S/C41H56BrN5O10S/c1-7-55-33-20-32(27-15-16-31(54-6)34(42)35(27)45-33)56-26-19-29-30(48)22-43-24-41(37(50)46-58(52,53)40(5)17-18-40)21-25(41)13-11-9-8-10-12-14-28(36(49)47(29)23-26)44-38(51)57-39(2,3)4/h11,13,15-16,20,25-26,28-29,43H,7-10,12,14,17-19,21-24H2,1-6H3,(H,44,51)(H,46,50). The number of hydrogen-bond donors (Lipinski definition) is 3. The van der Waals surface area contributed by atoms with Crippen LogP contribution >= 0.6 is 15.9 Å². The van der Waals surface area contributed by atoms with E-state index in [4.69, 9.17) is 18.9 Å². The minimum atomic E-state index is -3.87. The Hall–Kier alpha value is -3.96. The molecule has 2 aliphatic heterocycles. The van der Waals surface area contributed by atoms with Crippen LogP contribution in [0.4, 0.5) is 4.79 Å². The topological polar surface area (TPSA) is 192 Å². The molecule has 0 bridgehead atoms. The number of ketones is 1. The summed E-state index contributed by atoms with van der Waals surface area (Å²) in [6.45, 7) is 8.98. The third-order valence-electron chi connectivity index (χ3n) is 11.4. The smallest absolute Gasteiger partial charge is 0.408 e. The van der Waals surface area contributed by atoms with Crippen LogP contribution in [0.15, 0.2) is 34.8 Å². The molecule has 2 aromatic rings. The molecule has 1 aromatic heterocycles. The van der Waals surface area contributed by atoms with Gasteiger partial charge in [0.2, 0.25) is 27.7 Å².